The Bertz CT molecular complexity index is 1680. The molecule has 0 spiro atoms. The molecule has 5 heterocycles. The van der Waals surface area contributed by atoms with Crippen LogP contribution in [0.2, 0.25) is 0 Å². The monoisotopic (exact) mass is 662 g/mol. The van der Waals surface area contributed by atoms with Crippen molar-refractivity contribution in [2.24, 2.45) is 5.92 Å². The van der Waals surface area contributed by atoms with Gasteiger partial charge in [0.25, 0.3) is 0 Å². The average Bonchev–Trinajstić information content (AvgIpc) is 3.80. The molecule has 4 aromatic rings. The number of anilines is 1. The van der Waals surface area contributed by atoms with Crippen LogP contribution in [0.15, 0.2) is 30.7 Å². The van der Waals surface area contributed by atoms with Gasteiger partial charge in [0, 0.05) is 43.3 Å². The van der Waals surface area contributed by atoms with E-state index in [1.54, 1.807) is 18.4 Å². The Morgan fingerprint density at radius 3 is 2.72 bits per heavy atom. The van der Waals surface area contributed by atoms with Crippen molar-refractivity contribution < 1.29 is 19.0 Å². The number of thiazole rings is 1. The van der Waals surface area contributed by atoms with Crippen molar-refractivity contribution in [1.29, 1.82) is 0 Å². The second kappa shape index (κ2) is 13.4. The minimum Gasteiger partial charge on any atom is -0.497 e. The number of carbonyl (C=O) groups excluding carboxylic acids is 1. The molecule has 12 nitrogen and oxygen atoms in total. The number of methoxy groups -OCH3 is 1. The lowest BCUT2D eigenvalue weighted by Gasteiger charge is -2.42. The van der Waals surface area contributed by atoms with E-state index in [1.807, 2.05) is 65.8 Å². The molecule has 3 fully saturated rings. The van der Waals surface area contributed by atoms with Crippen LogP contribution < -0.4 is 9.64 Å². The van der Waals surface area contributed by atoms with Crippen LogP contribution in [-0.4, -0.2) is 85.7 Å². The largest absolute Gasteiger partial charge is 0.497 e. The van der Waals surface area contributed by atoms with Crippen LogP contribution in [-0.2, 0) is 16.0 Å². The fourth-order valence-corrected chi connectivity index (χ4v) is 7.75. The van der Waals surface area contributed by atoms with E-state index in [-0.39, 0.29) is 18.4 Å². The average molecular weight is 663 g/mol. The van der Waals surface area contributed by atoms with Crippen LogP contribution in [0.3, 0.4) is 0 Å². The molecule has 3 aliphatic rings. The third-order valence-electron chi connectivity index (χ3n) is 9.46. The Hall–Kier alpha value is -3.71. The van der Waals surface area contributed by atoms with Crippen molar-refractivity contribution in [2.75, 3.05) is 38.3 Å². The van der Waals surface area contributed by atoms with Crippen LogP contribution in [0.1, 0.15) is 83.4 Å². The van der Waals surface area contributed by atoms with Crippen molar-refractivity contribution >= 4 is 33.3 Å². The molecule has 0 N–H and O–H groups in total. The zero-order valence-electron chi connectivity index (χ0n) is 27.9. The molecule has 1 aliphatic carbocycles. The van der Waals surface area contributed by atoms with Crippen LogP contribution in [0.5, 0.6) is 5.75 Å². The van der Waals surface area contributed by atoms with E-state index in [9.17, 15) is 4.79 Å². The Balaban J connectivity index is 1.05. The third kappa shape index (κ3) is 7.11. The zero-order valence-corrected chi connectivity index (χ0v) is 28.7. The van der Waals surface area contributed by atoms with E-state index in [4.69, 9.17) is 24.3 Å². The number of hydrogen-bond donors (Lipinski definition) is 0. The van der Waals surface area contributed by atoms with E-state index >= 15 is 0 Å². The second-order valence-corrected chi connectivity index (χ2v) is 15.2. The minimum atomic E-state index is -0.512. The van der Waals surface area contributed by atoms with Gasteiger partial charge in [-0.1, -0.05) is 23.0 Å². The van der Waals surface area contributed by atoms with Crippen molar-refractivity contribution in [2.45, 2.75) is 96.6 Å². The SMILES string of the molecule is COc1cc(-c2cn(Cc3ncc(N4CCCC(N(CC5CCC5)C(=O)OC(C)(C)C)C4)s3)nn2)c2cnn(C3CCCCO3)c2c1. The highest BCUT2D eigenvalue weighted by molar-refractivity contribution is 7.15. The van der Waals surface area contributed by atoms with E-state index in [0.29, 0.717) is 12.5 Å². The molecular formula is C34H46N8O4S. The molecule has 3 aromatic heterocycles. The van der Waals surface area contributed by atoms with Crippen LogP contribution in [0, 0.1) is 5.92 Å². The van der Waals surface area contributed by atoms with Crippen molar-refractivity contribution in [1.82, 2.24) is 34.7 Å². The summed E-state index contributed by atoms with van der Waals surface area (Å²) < 4.78 is 21.4. The smallest absolute Gasteiger partial charge is 0.410 e. The first-order chi connectivity index (χ1) is 22.7. The van der Waals surface area contributed by atoms with Gasteiger partial charge < -0.3 is 24.0 Å². The first-order valence-electron chi connectivity index (χ1n) is 17.0. The molecule has 1 amide bonds. The molecular weight excluding hydrogens is 616 g/mol. The lowest BCUT2D eigenvalue weighted by molar-refractivity contribution is -0.0366. The number of carbonyl (C=O) groups is 1. The molecule has 2 atom stereocenters. The van der Waals surface area contributed by atoms with Gasteiger partial charge >= 0.3 is 6.09 Å². The summed E-state index contributed by atoms with van der Waals surface area (Å²) in [5.41, 5.74) is 2.12. The Kier molecular flexibility index (Phi) is 9.10. The first-order valence-corrected chi connectivity index (χ1v) is 17.8. The molecule has 7 rings (SSSR count). The summed E-state index contributed by atoms with van der Waals surface area (Å²) >= 11 is 1.67. The minimum absolute atomic E-state index is 0.0747. The maximum absolute atomic E-state index is 13.3. The summed E-state index contributed by atoms with van der Waals surface area (Å²) in [5, 5.41) is 16.8. The predicted molar refractivity (Wildman–Crippen MR) is 181 cm³/mol. The molecule has 2 unspecified atom stereocenters. The van der Waals surface area contributed by atoms with Gasteiger partial charge in [-0.3, -0.25) is 0 Å². The Morgan fingerprint density at radius 1 is 1.11 bits per heavy atom. The van der Waals surface area contributed by atoms with Gasteiger partial charge in [-0.25, -0.2) is 19.1 Å². The van der Waals surface area contributed by atoms with Gasteiger partial charge in [0.1, 0.15) is 27.1 Å². The summed E-state index contributed by atoms with van der Waals surface area (Å²) in [7, 11) is 1.67. The number of amides is 1. The Morgan fingerprint density at radius 2 is 1.98 bits per heavy atom. The van der Waals surface area contributed by atoms with E-state index in [0.717, 1.165) is 96.3 Å². The molecule has 1 saturated carbocycles. The number of piperidine rings is 1. The summed E-state index contributed by atoms with van der Waals surface area (Å²) in [6.45, 7) is 9.60. The summed E-state index contributed by atoms with van der Waals surface area (Å²) in [6.07, 6.45) is 14.3. The van der Waals surface area contributed by atoms with Gasteiger partial charge in [0.15, 0.2) is 6.23 Å². The highest BCUT2D eigenvalue weighted by Gasteiger charge is 2.35. The molecule has 0 radical (unpaired) electrons. The van der Waals surface area contributed by atoms with E-state index in [1.165, 1.54) is 19.3 Å². The maximum Gasteiger partial charge on any atom is 0.410 e. The first kappa shape index (κ1) is 31.9. The second-order valence-electron chi connectivity index (χ2n) is 14.1. The summed E-state index contributed by atoms with van der Waals surface area (Å²) in [6, 6.07) is 4.12. The van der Waals surface area contributed by atoms with Crippen LogP contribution in [0.4, 0.5) is 9.80 Å². The molecule has 2 aliphatic heterocycles. The Labute approximate surface area is 280 Å². The summed E-state index contributed by atoms with van der Waals surface area (Å²) in [4.78, 5) is 22.5. The lowest BCUT2D eigenvalue weighted by Crippen LogP contribution is -2.53. The predicted octanol–water partition coefficient (Wildman–Crippen LogP) is 6.51. The lowest BCUT2D eigenvalue weighted by atomic mass is 9.84. The van der Waals surface area contributed by atoms with Gasteiger partial charge in [0.2, 0.25) is 0 Å². The zero-order chi connectivity index (χ0) is 32.5. The number of benzene rings is 1. The highest BCUT2D eigenvalue weighted by Crippen LogP contribution is 2.36. The van der Waals surface area contributed by atoms with E-state index < -0.39 is 5.60 Å². The normalized spacial score (nSPS) is 20.7. The van der Waals surface area contributed by atoms with E-state index in [2.05, 4.69) is 15.2 Å². The van der Waals surface area contributed by atoms with Crippen LogP contribution >= 0.6 is 11.3 Å². The fraction of sp³-hybridized carbons (Fsp3) is 0.618. The van der Waals surface area contributed by atoms with Gasteiger partial charge in [-0.2, -0.15) is 5.10 Å². The quantitative estimate of drug-likeness (QED) is 0.198. The number of aromatic nitrogens is 6. The fourth-order valence-electron chi connectivity index (χ4n) is 6.81. The number of rotatable bonds is 9. The molecule has 1 aromatic carbocycles. The number of fused-ring (bicyclic) bond motifs is 1. The molecule has 2 saturated heterocycles. The highest BCUT2D eigenvalue weighted by atomic mass is 32.1. The molecule has 252 valence electrons. The van der Waals surface area contributed by atoms with Crippen LogP contribution in [0.25, 0.3) is 22.2 Å². The van der Waals surface area contributed by atoms with Crippen molar-refractivity contribution in [3.05, 3.63) is 35.7 Å². The molecule has 13 heteroatoms. The number of hydrogen-bond acceptors (Lipinski definition) is 10. The van der Waals surface area contributed by atoms with Gasteiger partial charge in [0.05, 0.1) is 43.8 Å². The molecule has 0 bridgehead atoms. The standard InChI is InChI=1S/C34H46N8O4S/c1-34(2,3)46-33(43)41(19-23-9-7-10-23)24-11-8-13-39(20-24)32-18-35-30(47-32)22-40-21-28(37-38-40)26-15-25(44-4)16-29-27(26)17-36-42(29)31-12-5-6-14-45-31/h15-18,21,23-24,31H,5-14,19-20,22H2,1-4H3. The van der Waals surface area contributed by atoms with Crippen molar-refractivity contribution in [3.8, 4) is 17.0 Å². The van der Waals surface area contributed by atoms with Crippen molar-refractivity contribution in [3.63, 3.8) is 0 Å². The summed E-state index contributed by atoms with van der Waals surface area (Å²) in [5.74, 6) is 1.32. The molecule has 47 heavy (non-hydrogen) atoms. The van der Waals surface area contributed by atoms with Gasteiger partial charge in [-0.05, 0) is 77.7 Å². The number of ether oxygens (including phenoxy) is 3. The topological polar surface area (TPSA) is 113 Å². The maximum atomic E-state index is 13.3. The number of nitrogens with zero attached hydrogens (tertiary/aromatic N) is 8. The van der Waals surface area contributed by atoms with Gasteiger partial charge in [-0.15, -0.1) is 5.10 Å². The third-order valence-corrected chi connectivity index (χ3v) is 10.5.